The number of aryl methyl sites for hydroxylation is 1. The van der Waals surface area contributed by atoms with E-state index < -0.39 is 5.60 Å². The van der Waals surface area contributed by atoms with Gasteiger partial charge < -0.3 is 9.64 Å². The molecule has 22 heavy (non-hydrogen) atoms. The predicted molar refractivity (Wildman–Crippen MR) is 88.5 cm³/mol. The summed E-state index contributed by atoms with van der Waals surface area (Å²) in [7, 11) is 0. The Hall–Kier alpha value is -1.01. The van der Waals surface area contributed by atoms with Crippen LogP contribution in [0.25, 0.3) is 0 Å². The van der Waals surface area contributed by atoms with E-state index in [4.69, 9.17) is 16.3 Å². The summed E-state index contributed by atoms with van der Waals surface area (Å²) in [6.07, 6.45) is 1.78. The van der Waals surface area contributed by atoms with E-state index >= 15 is 0 Å². The molecule has 2 rings (SSSR count). The van der Waals surface area contributed by atoms with Gasteiger partial charge in [-0.1, -0.05) is 23.4 Å². The molecule has 0 N–H and O–H groups in total. The van der Waals surface area contributed by atoms with Crippen LogP contribution in [0.15, 0.2) is 11.1 Å². The van der Waals surface area contributed by atoms with Crippen molar-refractivity contribution >= 4 is 29.5 Å². The minimum Gasteiger partial charge on any atom is -0.444 e. The first-order valence-electron chi connectivity index (χ1n) is 7.39. The number of aromatic nitrogens is 2. The van der Waals surface area contributed by atoms with Crippen molar-refractivity contribution in [3.63, 3.8) is 0 Å². The first kappa shape index (κ1) is 17.3. The fraction of sp³-hybridized carbons (Fsp3) is 0.667. The molecule has 1 aromatic rings. The zero-order valence-corrected chi connectivity index (χ0v) is 15.0. The van der Waals surface area contributed by atoms with Gasteiger partial charge in [0.05, 0.1) is 0 Å². The Bertz CT molecular complexity index is 548. The second-order valence-corrected chi connectivity index (χ2v) is 8.14. The number of piperidine rings is 1. The van der Waals surface area contributed by atoms with E-state index in [1.54, 1.807) is 16.7 Å². The van der Waals surface area contributed by atoms with Gasteiger partial charge in [-0.3, -0.25) is 0 Å². The SMILES string of the molecule is Cc1cc(S[C@@H]2CCCN(C(=O)OC(C)(C)C)C2)nnc1Cl. The van der Waals surface area contributed by atoms with Gasteiger partial charge in [-0.2, -0.15) is 0 Å². The molecule has 0 aromatic carbocycles. The van der Waals surface area contributed by atoms with E-state index in [0.29, 0.717) is 16.9 Å². The molecule has 0 radical (unpaired) electrons. The van der Waals surface area contributed by atoms with Crippen LogP contribution in [0.4, 0.5) is 4.79 Å². The number of rotatable bonds is 2. The summed E-state index contributed by atoms with van der Waals surface area (Å²) in [4.78, 5) is 13.9. The molecule has 1 amide bonds. The van der Waals surface area contributed by atoms with Gasteiger partial charge in [0.2, 0.25) is 0 Å². The summed E-state index contributed by atoms with van der Waals surface area (Å²) in [6.45, 7) is 8.97. The third-order valence-corrected chi connectivity index (χ3v) is 4.75. The minimum absolute atomic E-state index is 0.240. The summed E-state index contributed by atoms with van der Waals surface area (Å²) in [5, 5.41) is 9.63. The average Bonchev–Trinajstić information content (AvgIpc) is 2.41. The lowest BCUT2D eigenvalue weighted by molar-refractivity contribution is 0.0220. The van der Waals surface area contributed by atoms with Crippen LogP contribution in [-0.2, 0) is 4.74 Å². The van der Waals surface area contributed by atoms with E-state index in [9.17, 15) is 4.79 Å². The second-order valence-electron chi connectivity index (χ2n) is 6.46. The van der Waals surface area contributed by atoms with Gasteiger partial charge in [-0.15, -0.1) is 10.2 Å². The normalized spacial score (nSPS) is 19.1. The summed E-state index contributed by atoms with van der Waals surface area (Å²) in [6, 6.07) is 1.94. The molecular formula is C15H22ClN3O2S. The highest BCUT2D eigenvalue weighted by Gasteiger charge is 2.28. The number of likely N-dealkylation sites (tertiary alicyclic amines) is 1. The smallest absolute Gasteiger partial charge is 0.410 e. The third kappa shape index (κ3) is 5.02. The maximum atomic E-state index is 12.2. The molecule has 2 heterocycles. The van der Waals surface area contributed by atoms with E-state index in [-0.39, 0.29) is 6.09 Å². The highest BCUT2D eigenvalue weighted by Crippen LogP contribution is 2.29. The molecule has 1 aromatic heterocycles. The highest BCUT2D eigenvalue weighted by molar-refractivity contribution is 7.99. The quantitative estimate of drug-likeness (QED) is 0.814. The summed E-state index contributed by atoms with van der Waals surface area (Å²) in [5.41, 5.74) is 0.453. The molecule has 1 saturated heterocycles. The van der Waals surface area contributed by atoms with Crippen molar-refractivity contribution in [2.45, 2.75) is 56.4 Å². The molecule has 0 saturated carbocycles. The van der Waals surface area contributed by atoms with Crippen molar-refractivity contribution in [1.82, 2.24) is 15.1 Å². The van der Waals surface area contributed by atoms with Gasteiger partial charge >= 0.3 is 6.09 Å². The molecule has 122 valence electrons. The van der Waals surface area contributed by atoms with Crippen molar-refractivity contribution in [3.05, 3.63) is 16.8 Å². The second kappa shape index (κ2) is 7.04. The Morgan fingerprint density at radius 3 is 2.82 bits per heavy atom. The first-order chi connectivity index (χ1) is 10.2. The number of hydrogen-bond acceptors (Lipinski definition) is 5. The maximum absolute atomic E-state index is 12.2. The number of halogens is 1. The van der Waals surface area contributed by atoms with Crippen molar-refractivity contribution in [3.8, 4) is 0 Å². The minimum atomic E-state index is -0.462. The first-order valence-corrected chi connectivity index (χ1v) is 8.65. The highest BCUT2D eigenvalue weighted by atomic mass is 35.5. The van der Waals surface area contributed by atoms with Crippen LogP contribution in [0.5, 0.6) is 0 Å². The van der Waals surface area contributed by atoms with Crippen LogP contribution >= 0.6 is 23.4 Å². The third-order valence-electron chi connectivity index (χ3n) is 3.22. The molecule has 0 aliphatic carbocycles. The number of hydrogen-bond donors (Lipinski definition) is 0. The zero-order chi connectivity index (χ0) is 16.3. The summed E-state index contributed by atoms with van der Waals surface area (Å²) in [5.74, 6) is 0. The Morgan fingerprint density at radius 2 is 2.18 bits per heavy atom. The van der Waals surface area contributed by atoms with E-state index in [1.807, 2.05) is 33.8 Å². The number of carbonyl (C=O) groups is 1. The fourth-order valence-electron chi connectivity index (χ4n) is 2.20. The topological polar surface area (TPSA) is 55.3 Å². The number of amides is 1. The van der Waals surface area contributed by atoms with Gasteiger partial charge in [0.25, 0.3) is 0 Å². The number of ether oxygens (including phenoxy) is 1. The molecular weight excluding hydrogens is 322 g/mol. The van der Waals surface area contributed by atoms with E-state index in [2.05, 4.69) is 10.2 Å². The van der Waals surface area contributed by atoms with Gasteiger partial charge in [-0.25, -0.2) is 4.79 Å². The van der Waals surface area contributed by atoms with Gasteiger partial charge in [0.15, 0.2) is 5.15 Å². The monoisotopic (exact) mass is 343 g/mol. The Labute approximate surface area is 140 Å². The summed E-state index contributed by atoms with van der Waals surface area (Å²) < 4.78 is 5.44. The van der Waals surface area contributed by atoms with E-state index in [0.717, 1.165) is 30.0 Å². The van der Waals surface area contributed by atoms with Crippen LogP contribution < -0.4 is 0 Å². The van der Waals surface area contributed by atoms with Crippen LogP contribution in [-0.4, -0.2) is 45.1 Å². The van der Waals surface area contributed by atoms with Gasteiger partial charge in [0.1, 0.15) is 10.6 Å². The molecule has 0 bridgehead atoms. The lowest BCUT2D eigenvalue weighted by atomic mass is 10.1. The summed E-state index contributed by atoms with van der Waals surface area (Å²) >= 11 is 7.54. The Morgan fingerprint density at radius 1 is 1.45 bits per heavy atom. The Kier molecular flexibility index (Phi) is 5.55. The van der Waals surface area contributed by atoms with Crippen LogP contribution in [0.2, 0.25) is 5.15 Å². The lowest BCUT2D eigenvalue weighted by Crippen LogP contribution is -2.43. The Balaban J connectivity index is 1.95. The van der Waals surface area contributed by atoms with Crippen molar-refractivity contribution in [1.29, 1.82) is 0 Å². The molecule has 1 aliphatic rings. The number of thioether (sulfide) groups is 1. The van der Waals surface area contributed by atoms with Gasteiger partial charge in [0, 0.05) is 18.3 Å². The van der Waals surface area contributed by atoms with Crippen molar-refractivity contribution < 1.29 is 9.53 Å². The predicted octanol–water partition coefficient (Wildman–Crippen LogP) is 3.93. The number of carbonyl (C=O) groups excluding carboxylic acids is 1. The van der Waals surface area contributed by atoms with Crippen LogP contribution in [0.3, 0.4) is 0 Å². The van der Waals surface area contributed by atoms with Gasteiger partial charge in [-0.05, 0) is 52.2 Å². The zero-order valence-electron chi connectivity index (χ0n) is 13.4. The van der Waals surface area contributed by atoms with Crippen LogP contribution in [0.1, 0.15) is 39.2 Å². The molecule has 1 fully saturated rings. The molecule has 5 nitrogen and oxygen atoms in total. The fourth-order valence-corrected chi connectivity index (χ4v) is 3.51. The lowest BCUT2D eigenvalue weighted by Gasteiger charge is -2.33. The molecule has 7 heteroatoms. The average molecular weight is 344 g/mol. The largest absolute Gasteiger partial charge is 0.444 e. The molecule has 1 atom stereocenters. The standard InChI is InChI=1S/C15H22ClN3O2S/c1-10-8-12(17-18-13(10)16)22-11-6-5-7-19(9-11)14(20)21-15(2,3)4/h8,11H,5-7,9H2,1-4H3/t11-/m1/s1. The number of nitrogens with zero attached hydrogens (tertiary/aromatic N) is 3. The van der Waals surface area contributed by atoms with Crippen molar-refractivity contribution in [2.24, 2.45) is 0 Å². The molecule has 0 unspecified atom stereocenters. The van der Waals surface area contributed by atoms with Crippen molar-refractivity contribution in [2.75, 3.05) is 13.1 Å². The van der Waals surface area contributed by atoms with E-state index in [1.165, 1.54) is 0 Å². The molecule has 1 aliphatic heterocycles. The maximum Gasteiger partial charge on any atom is 0.410 e. The molecule has 0 spiro atoms. The van der Waals surface area contributed by atoms with Crippen LogP contribution in [0, 0.1) is 6.92 Å².